The summed E-state index contributed by atoms with van der Waals surface area (Å²) in [7, 11) is 0. The summed E-state index contributed by atoms with van der Waals surface area (Å²) in [4.78, 5) is 12.4. The molecule has 0 unspecified atom stereocenters. The third kappa shape index (κ3) is 2.47. The van der Waals surface area contributed by atoms with Gasteiger partial charge in [0.15, 0.2) is 5.82 Å². The van der Waals surface area contributed by atoms with Gasteiger partial charge in [-0.1, -0.05) is 23.2 Å². The van der Waals surface area contributed by atoms with Gasteiger partial charge in [0, 0.05) is 10.7 Å². The molecular weight excluding hydrogens is 428 g/mol. The Kier molecular flexibility index (Phi) is 3.99. The van der Waals surface area contributed by atoms with Crippen molar-refractivity contribution in [3.63, 3.8) is 0 Å². The SMILES string of the molecule is Clc1nc(-c2ncccc2Br)nc(Cl)c1I. The lowest BCUT2D eigenvalue weighted by molar-refractivity contribution is 1.12. The first-order valence-corrected chi connectivity index (χ1v) is 6.72. The average Bonchev–Trinajstić information content (AvgIpc) is 2.26. The zero-order chi connectivity index (χ0) is 11.7. The Balaban J connectivity index is 2.62. The number of aromatic nitrogens is 3. The summed E-state index contributed by atoms with van der Waals surface area (Å²) in [5.41, 5.74) is 0.614. The van der Waals surface area contributed by atoms with Crippen LogP contribution >= 0.6 is 61.7 Å². The molecule has 3 nitrogen and oxygen atoms in total. The first-order valence-electron chi connectivity index (χ1n) is 4.09. The second-order valence-corrected chi connectivity index (χ2v) is 5.43. The molecular formula is C9H3BrCl2IN3. The Hall–Kier alpha value is 0.0200. The summed E-state index contributed by atoms with van der Waals surface area (Å²) in [6, 6.07) is 3.66. The Bertz CT molecular complexity index is 527. The van der Waals surface area contributed by atoms with E-state index in [9.17, 15) is 0 Å². The molecule has 0 bridgehead atoms. The van der Waals surface area contributed by atoms with E-state index in [-0.39, 0.29) is 0 Å². The highest BCUT2D eigenvalue weighted by Crippen LogP contribution is 2.28. The van der Waals surface area contributed by atoms with E-state index in [1.54, 1.807) is 6.20 Å². The minimum Gasteiger partial charge on any atom is -0.252 e. The van der Waals surface area contributed by atoms with Crippen LogP contribution in [0.15, 0.2) is 22.8 Å². The number of hydrogen-bond donors (Lipinski definition) is 0. The number of rotatable bonds is 1. The fraction of sp³-hybridized carbons (Fsp3) is 0. The predicted octanol–water partition coefficient (Wildman–Crippen LogP) is 4.21. The van der Waals surface area contributed by atoms with Crippen molar-refractivity contribution in [1.29, 1.82) is 0 Å². The largest absolute Gasteiger partial charge is 0.252 e. The van der Waals surface area contributed by atoms with E-state index in [1.807, 2.05) is 34.7 Å². The topological polar surface area (TPSA) is 38.7 Å². The van der Waals surface area contributed by atoms with E-state index in [4.69, 9.17) is 23.2 Å². The van der Waals surface area contributed by atoms with Crippen molar-refractivity contribution in [3.05, 3.63) is 36.7 Å². The highest BCUT2D eigenvalue weighted by Gasteiger charge is 2.13. The van der Waals surface area contributed by atoms with Gasteiger partial charge in [-0.05, 0) is 50.7 Å². The zero-order valence-corrected chi connectivity index (χ0v) is 12.8. The van der Waals surface area contributed by atoms with Crippen LogP contribution in [0.4, 0.5) is 0 Å². The highest BCUT2D eigenvalue weighted by molar-refractivity contribution is 14.1. The van der Waals surface area contributed by atoms with E-state index >= 15 is 0 Å². The minimum atomic E-state index is 0.327. The quantitative estimate of drug-likeness (QED) is 0.502. The van der Waals surface area contributed by atoms with Crippen molar-refractivity contribution < 1.29 is 0 Å². The lowest BCUT2D eigenvalue weighted by atomic mass is 10.3. The monoisotopic (exact) mass is 429 g/mol. The van der Waals surface area contributed by atoms with Crippen LogP contribution in [-0.2, 0) is 0 Å². The van der Waals surface area contributed by atoms with Gasteiger partial charge in [-0.2, -0.15) is 0 Å². The van der Waals surface area contributed by atoms with Crippen molar-refractivity contribution in [2.45, 2.75) is 0 Å². The van der Waals surface area contributed by atoms with Gasteiger partial charge in [0.1, 0.15) is 16.0 Å². The molecule has 0 atom stereocenters. The van der Waals surface area contributed by atoms with Gasteiger partial charge in [0.05, 0.1) is 3.57 Å². The summed E-state index contributed by atoms with van der Waals surface area (Å²) < 4.78 is 1.43. The van der Waals surface area contributed by atoms with Crippen LogP contribution in [0.5, 0.6) is 0 Å². The minimum absolute atomic E-state index is 0.327. The first-order chi connectivity index (χ1) is 7.59. The summed E-state index contributed by atoms with van der Waals surface area (Å²) in [6.45, 7) is 0. The van der Waals surface area contributed by atoms with E-state index in [0.717, 1.165) is 4.47 Å². The van der Waals surface area contributed by atoms with Gasteiger partial charge in [-0.15, -0.1) is 0 Å². The fourth-order valence-electron chi connectivity index (χ4n) is 1.05. The molecule has 2 heterocycles. The van der Waals surface area contributed by atoms with Crippen LogP contribution in [0.1, 0.15) is 0 Å². The molecule has 7 heteroatoms. The summed E-state index contributed by atoms with van der Waals surface area (Å²) in [5, 5.41) is 0.654. The fourth-order valence-corrected chi connectivity index (χ4v) is 2.11. The molecule has 16 heavy (non-hydrogen) atoms. The number of pyridine rings is 1. The van der Waals surface area contributed by atoms with Gasteiger partial charge in [0.25, 0.3) is 0 Å². The normalized spacial score (nSPS) is 10.5. The zero-order valence-electron chi connectivity index (χ0n) is 7.59. The molecule has 0 N–H and O–H groups in total. The van der Waals surface area contributed by atoms with Gasteiger partial charge in [0.2, 0.25) is 0 Å². The van der Waals surface area contributed by atoms with Crippen LogP contribution in [-0.4, -0.2) is 15.0 Å². The van der Waals surface area contributed by atoms with Gasteiger partial charge in [-0.25, -0.2) is 9.97 Å². The van der Waals surface area contributed by atoms with E-state index in [0.29, 0.717) is 25.4 Å². The molecule has 2 aromatic heterocycles. The molecule has 2 rings (SSSR count). The Morgan fingerprint density at radius 3 is 2.38 bits per heavy atom. The van der Waals surface area contributed by atoms with Gasteiger partial charge in [-0.3, -0.25) is 4.98 Å². The molecule has 0 aromatic carbocycles. The van der Waals surface area contributed by atoms with Crippen molar-refractivity contribution in [2.75, 3.05) is 0 Å². The van der Waals surface area contributed by atoms with Crippen molar-refractivity contribution in [3.8, 4) is 11.5 Å². The molecule has 0 fully saturated rings. The summed E-state index contributed by atoms with van der Waals surface area (Å²) in [6.07, 6.45) is 1.66. The molecule has 2 aromatic rings. The number of halogens is 4. The van der Waals surface area contributed by atoms with Crippen molar-refractivity contribution >= 4 is 61.7 Å². The second-order valence-electron chi connectivity index (χ2n) is 2.78. The van der Waals surface area contributed by atoms with Crippen molar-refractivity contribution in [2.24, 2.45) is 0 Å². The molecule has 0 spiro atoms. The van der Waals surface area contributed by atoms with Crippen LogP contribution < -0.4 is 0 Å². The van der Waals surface area contributed by atoms with Gasteiger partial charge >= 0.3 is 0 Å². The standard InChI is InChI=1S/C9H3BrCl2IN3/c10-4-2-1-3-14-6(4)9-15-7(11)5(13)8(12)16-9/h1-3H. The lowest BCUT2D eigenvalue weighted by Gasteiger charge is -2.04. The van der Waals surface area contributed by atoms with Crippen LogP contribution in [0.3, 0.4) is 0 Å². The molecule has 0 aliphatic carbocycles. The van der Waals surface area contributed by atoms with Crippen molar-refractivity contribution in [1.82, 2.24) is 15.0 Å². The molecule has 0 aliphatic heterocycles. The molecule has 0 radical (unpaired) electrons. The second kappa shape index (κ2) is 5.12. The molecule has 0 saturated carbocycles. The highest BCUT2D eigenvalue weighted by atomic mass is 127. The maximum Gasteiger partial charge on any atom is 0.182 e. The van der Waals surface area contributed by atoms with Crippen LogP contribution in [0.2, 0.25) is 10.3 Å². The Morgan fingerprint density at radius 2 is 1.81 bits per heavy atom. The Morgan fingerprint density at radius 1 is 1.19 bits per heavy atom. The Labute approximate surface area is 124 Å². The summed E-state index contributed by atoms with van der Waals surface area (Å²) >= 11 is 17.2. The molecule has 0 saturated heterocycles. The third-order valence-corrected chi connectivity index (χ3v) is 4.59. The smallest absolute Gasteiger partial charge is 0.182 e. The number of nitrogens with zero attached hydrogens (tertiary/aromatic N) is 3. The lowest BCUT2D eigenvalue weighted by Crippen LogP contribution is -1.96. The molecule has 0 amide bonds. The van der Waals surface area contributed by atoms with Crippen LogP contribution in [0.25, 0.3) is 11.5 Å². The van der Waals surface area contributed by atoms with Crippen LogP contribution in [0, 0.1) is 3.57 Å². The maximum atomic E-state index is 5.94. The average molecular weight is 431 g/mol. The predicted molar refractivity (Wildman–Crippen MR) is 75.7 cm³/mol. The third-order valence-electron chi connectivity index (χ3n) is 1.74. The summed E-state index contributed by atoms with van der Waals surface area (Å²) in [5.74, 6) is 0.405. The van der Waals surface area contributed by atoms with Gasteiger partial charge < -0.3 is 0 Å². The first kappa shape index (κ1) is 12.5. The van der Waals surface area contributed by atoms with E-state index in [2.05, 4.69) is 30.9 Å². The molecule has 0 aliphatic rings. The number of hydrogen-bond acceptors (Lipinski definition) is 3. The van der Waals surface area contributed by atoms with E-state index < -0.39 is 0 Å². The maximum absolute atomic E-state index is 5.94. The van der Waals surface area contributed by atoms with E-state index in [1.165, 1.54) is 0 Å². The molecule has 82 valence electrons.